The molecule has 11 rings (SSSR count). The number of benzene rings is 10. The van der Waals surface area contributed by atoms with E-state index in [-0.39, 0.29) is 5.41 Å². The van der Waals surface area contributed by atoms with E-state index < -0.39 is 0 Å². The highest BCUT2D eigenvalue weighted by Crippen LogP contribution is 2.53. The zero-order chi connectivity index (χ0) is 43.9. The van der Waals surface area contributed by atoms with Crippen molar-refractivity contribution in [2.24, 2.45) is 0 Å². The summed E-state index contributed by atoms with van der Waals surface area (Å²) in [4.78, 5) is 7.21. The Labute approximate surface area is 382 Å². The minimum Gasteiger partial charge on any atom is -0.310 e. The second kappa shape index (κ2) is 16.5. The predicted molar refractivity (Wildman–Crippen MR) is 276 cm³/mol. The van der Waals surface area contributed by atoms with E-state index in [9.17, 15) is 0 Å². The topological polar surface area (TPSA) is 9.72 Å². The summed E-state index contributed by atoms with van der Waals surface area (Å²) >= 11 is 0. The van der Waals surface area contributed by atoms with Gasteiger partial charge in [0.05, 0.1) is 17.1 Å². The van der Waals surface area contributed by atoms with Gasteiger partial charge in [-0.1, -0.05) is 159 Å². The van der Waals surface area contributed by atoms with E-state index >= 15 is 0 Å². The van der Waals surface area contributed by atoms with Crippen LogP contribution in [0.4, 0.5) is 51.2 Å². The summed E-state index contributed by atoms with van der Waals surface area (Å²) in [5, 5.41) is 2.38. The van der Waals surface area contributed by atoms with E-state index in [1.807, 2.05) is 0 Å². The van der Waals surface area contributed by atoms with Gasteiger partial charge in [-0.25, -0.2) is 0 Å². The fourth-order valence-electron chi connectivity index (χ4n) is 9.90. The number of para-hydroxylation sites is 4. The van der Waals surface area contributed by atoms with Crippen LogP contribution in [0.1, 0.15) is 30.5 Å². The third kappa shape index (κ3) is 7.31. The highest BCUT2D eigenvalue weighted by molar-refractivity contribution is 5.95. The van der Waals surface area contributed by atoms with Gasteiger partial charge in [-0.3, -0.25) is 0 Å². The Hall–Kier alpha value is -8.14. The van der Waals surface area contributed by atoms with Crippen LogP contribution in [0, 0.1) is 6.92 Å². The number of aryl methyl sites for hydroxylation is 1. The van der Waals surface area contributed by atoms with Gasteiger partial charge in [0.2, 0.25) is 0 Å². The lowest BCUT2D eigenvalue weighted by atomic mass is 9.82. The summed E-state index contributed by atoms with van der Waals surface area (Å²) in [5.41, 5.74) is 18.5. The molecule has 10 aromatic carbocycles. The van der Waals surface area contributed by atoms with Gasteiger partial charge in [0, 0.05) is 39.5 Å². The van der Waals surface area contributed by atoms with Crippen molar-refractivity contribution in [3.8, 4) is 22.3 Å². The summed E-state index contributed by atoms with van der Waals surface area (Å²) in [6.07, 6.45) is 0. The Morgan fingerprint density at radius 1 is 0.292 bits per heavy atom. The summed E-state index contributed by atoms with van der Waals surface area (Å²) < 4.78 is 0. The molecule has 0 radical (unpaired) electrons. The molecule has 0 spiro atoms. The quantitative estimate of drug-likeness (QED) is 0.136. The predicted octanol–water partition coefficient (Wildman–Crippen LogP) is 17.5. The zero-order valence-electron chi connectivity index (χ0n) is 36.9. The molecule has 0 aliphatic heterocycles. The number of anilines is 9. The van der Waals surface area contributed by atoms with Crippen molar-refractivity contribution < 1.29 is 0 Å². The van der Waals surface area contributed by atoms with Crippen molar-refractivity contribution in [2.45, 2.75) is 26.2 Å². The Balaban J connectivity index is 1.18. The second-order valence-electron chi connectivity index (χ2n) is 17.5. The first-order chi connectivity index (χ1) is 31.9. The third-order valence-corrected chi connectivity index (χ3v) is 13.1. The Kier molecular flexibility index (Phi) is 10.1. The van der Waals surface area contributed by atoms with Crippen molar-refractivity contribution in [3.05, 3.63) is 259 Å². The summed E-state index contributed by atoms with van der Waals surface area (Å²) in [7, 11) is 0. The number of hydrogen-bond acceptors (Lipinski definition) is 3. The maximum atomic E-state index is 2.46. The van der Waals surface area contributed by atoms with Crippen molar-refractivity contribution in [3.63, 3.8) is 0 Å². The first-order valence-corrected chi connectivity index (χ1v) is 22.5. The van der Waals surface area contributed by atoms with Gasteiger partial charge >= 0.3 is 0 Å². The molecular formula is C62H49N3. The lowest BCUT2D eigenvalue weighted by molar-refractivity contribution is 0.660. The van der Waals surface area contributed by atoms with Crippen LogP contribution in [0.15, 0.2) is 243 Å². The third-order valence-electron chi connectivity index (χ3n) is 13.1. The van der Waals surface area contributed by atoms with Gasteiger partial charge in [-0.15, -0.1) is 0 Å². The number of rotatable bonds is 10. The van der Waals surface area contributed by atoms with Crippen LogP contribution in [0.5, 0.6) is 0 Å². The van der Waals surface area contributed by atoms with Crippen LogP contribution in [0.3, 0.4) is 0 Å². The lowest BCUT2D eigenvalue weighted by Crippen LogP contribution is -2.18. The van der Waals surface area contributed by atoms with Crippen molar-refractivity contribution in [1.29, 1.82) is 0 Å². The molecule has 0 unspecified atom stereocenters. The molecule has 1 aliphatic carbocycles. The highest BCUT2D eigenvalue weighted by Gasteiger charge is 2.37. The molecule has 3 heteroatoms. The van der Waals surface area contributed by atoms with Crippen molar-refractivity contribution in [2.75, 3.05) is 14.7 Å². The molecule has 65 heavy (non-hydrogen) atoms. The molecule has 0 aromatic heterocycles. The molecule has 312 valence electrons. The van der Waals surface area contributed by atoms with E-state index in [4.69, 9.17) is 0 Å². The summed E-state index contributed by atoms with van der Waals surface area (Å²) in [6, 6.07) is 88.2. The Morgan fingerprint density at radius 2 is 0.723 bits per heavy atom. The molecule has 10 aromatic rings. The normalized spacial score (nSPS) is 12.4. The zero-order valence-corrected chi connectivity index (χ0v) is 36.9. The molecule has 0 amide bonds. The number of hydrogen-bond donors (Lipinski definition) is 0. The van der Waals surface area contributed by atoms with Gasteiger partial charge in [0.15, 0.2) is 0 Å². The van der Waals surface area contributed by atoms with Gasteiger partial charge < -0.3 is 14.7 Å². The van der Waals surface area contributed by atoms with Gasteiger partial charge in [0.25, 0.3) is 0 Å². The molecule has 0 atom stereocenters. The number of nitrogens with zero attached hydrogens (tertiary/aromatic N) is 3. The fourth-order valence-corrected chi connectivity index (χ4v) is 9.90. The smallest absolute Gasteiger partial charge is 0.0503 e. The first kappa shape index (κ1) is 39.7. The Morgan fingerprint density at radius 3 is 1.25 bits per heavy atom. The molecule has 0 heterocycles. The lowest BCUT2D eigenvalue weighted by Gasteiger charge is -2.33. The monoisotopic (exact) mass is 835 g/mol. The average Bonchev–Trinajstić information content (AvgIpc) is 3.59. The van der Waals surface area contributed by atoms with Crippen LogP contribution in [0.2, 0.25) is 0 Å². The maximum absolute atomic E-state index is 2.46. The van der Waals surface area contributed by atoms with Crippen LogP contribution in [0.25, 0.3) is 33.0 Å². The van der Waals surface area contributed by atoms with Gasteiger partial charge in [-0.2, -0.15) is 0 Å². The average molecular weight is 836 g/mol. The van der Waals surface area contributed by atoms with Crippen LogP contribution < -0.4 is 14.7 Å². The van der Waals surface area contributed by atoms with Crippen LogP contribution >= 0.6 is 0 Å². The molecule has 0 saturated carbocycles. The van der Waals surface area contributed by atoms with Crippen LogP contribution in [-0.2, 0) is 5.41 Å². The Bertz CT molecular complexity index is 3110. The number of fused-ring (bicyclic) bond motifs is 4. The van der Waals surface area contributed by atoms with E-state index in [2.05, 4.69) is 278 Å². The SMILES string of the molecule is Cc1cccc2c1-c1ccc(N(c3cc(N(c4ccccc4)c4ccccc4)cc(N(c4ccccc4)c4ccccc4)c3)c3ccc4cc(-c5ccccc5)ccc4c3)cc1C2(C)C. The minimum absolute atomic E-state index is 0.183. The fraction of sp³-hybridized carbons (Fsp3) is 0.0645. The summed E-state index contributed by atoms with van der Waals surface area (Å²) in [5.74, 6) is 0. The molecule has 0 saturated heterocycles. The molecule has 0 bridgehead atoms. The molecule has 0 N–H and O–H groups in total. The summed E-state index contributed by atoms with van der Waals surface area (Å²) in [6.45, 7) is 6.99. The highest BCUT2D eigenvalue weighted by atomic mass is 15.2. The minimum atomic E-state index is -0.183. The molecule has 0 fully saturated rings. The van der Waals surface area contributed by atoms with E-state index in [0.29, 0.717) is 0 Å². The van der Waals surface area contributed by atoms with E-state index in [1.54, 1.807) is 0 Å². The van der Waals surface area contributed by atoms with E-state index in [1.165, 1.54) is 49.7 Å². The van der Waals surface area contributed by atoms with Crippen molar-refractivity contribution in [1.82, 2.24) is 0 Å². The maximum Gasteiger partial charge on any atom is 0.0503 e. The molecule has 3 nitrogen and oxygen atoms in total. The largest absolute Gasteiger partial charge is 0.310 e. The molecule has 1 aliphatic rings. The second-order valence-corrected chi connectivity index (χ2v) is 17.5. The van der Waals surface area contributed by atoms with E-state index in [0.717, 1.165) is 51.2 Å². The molecular weight excluding hydrogens is 787 g/mol. The van der Waals surface area contributed by atoms with Gasteiger partial charge in [0.1, 0.15) is 0 Å². The van der Waals surface area contributed by atoms with Gasteiger partial charge in [-0.05, 0) is 154 Å². The standard InChI is InChI=1S/C62H49N3/c1-44-20-19-31-59-61(44)58-37-36-54(43-60(58)62(59,2)3)65(53-35-34-47-38-46(32-33-48(47)39-53)45-21-9-4-10-22-45)57-41-55(63(49-23-11-5-12-24-49)50-25-13-6-14-26-50)40-56(42-57)64(51-27-15-7-16-28-51)52-29-17-8-18-30-52/h4-43H,1-3H3. The first-order valence-electron chi connectivity index (χ1n) is 22.5. The van der Waals surface area contributed by atoms with Crippen LogP contribution in [-0.4, -0.2) is 0 Å². The van der Waals surface area contributed by atoms with Crippen molar-refractivity contribution >= 4 is 62.0 Å².